The molecular formula is C17H17NO2S. The van der Waals surface area contributed by atoms with Gasteiger partial charge in [-0.05, 0) is 30.2 Å². The molecule has 0 heterocycles. The van der Waals surface area contributed by atoms with Crippen LogP contribution < -0.4 is 4.74 Å². The molecule has 0 fully saturated rings. The van der Waals surface area contributed by atoms with Crippen LogP contribution in [0.4, 0.5) is 0 Å². The summed E-state index contributed by atoms with van der Waals surface area (Å²) in [5.41, 5.74) is 3.65. The third-order valence-electron chi connectivity index (χ3n) is 3.12. The molecule has 1 atom stereocenters. The summed E-state index contributed by atoms with van der Waals surface area (Å²) >= 11 is 0. The van der Waals surface area contributed by atoms with Crippen molar-refractivity contribution in [3.05, 3.63) is 64.7 Å². The van der Waals surface area contributed by atoms with Crippen molar-refractivity contribution in [1.82, 2.24) is 0 Å². The minimum absolute atomic E-state index is 0.454. The van der Waals surface area contributed by atoms with Crippen molar-refractivity contribution in [3.63, 3.8) is 0 Å². The van der Waals surface area contributed by atoms with Gasteiger partial charge in [0.05, 0.1) is 12.7 Å². The molecule has 0 amide bonds. The molecule has 2 aromatic carbocycles. The molecule has 0 N–H and O–H groups in total. The molecule has 108 valence electrons. The largest absolute Gasteiger partial charge is 0.495 e. The van der Waals surface area contributed by atoms with Gasteiger partial charge in [0.25, 0.3) is 0 Å². The van der Waals surface area contributed by atoms with Gasteiger partial charge < -0.3 is 4.74 Å². The molecule has 4 heteroatoms. The third-order valence-corrected chi connectivity index (χ3v) is 4.43. The molecule has 0 spiro atoms. The predicted molar refractivity (Wildman–Crippen MR) is 84.4 cm³/mol. The van der Waals surface area contributed by atoms with Crippen molar-refractivity contribution < 1.29 is 8.95 Å². The average molecular weight is 299 g/mol. The molecular weight excluding hydrogens is 282 g/mol. The van der Waals surface area contributed by atoms with Crippen LogP contribution in [-0.2, 0) is 22.3 Å². The lowest BCUT2D eigenvalue weighted by Crippen LogP contribution is -2.00. The van der Waals surface area contributed by atoms with Gasteiger partial charge in [0, 0.05) is 22.3 Å². The topological polar surface area (TPSA) is 50.1 Å². The Labute approximate surface area is 127 Å². The molecule has 0 aromatic heterocycles. The molecule has 0 radical (unpaired) electrons. The summed E-state index contributed by atoms with van der Waals surface area (Å²) in [6.07, 6.45) is 0. The molecule has 0 aliphatic rings. The zero-order chi connectivity index (χ0) is 15.2. The van der Waals surface area contributed by atoms with Crippen LogP contribution in [0.15, 0.2) is 42.5 Å². The maximum absolute atomic E-state index is 12.3. The Hall–Kier alpha value is -2.12. The van der Waals surface area contributed by atoms with Crippen LogP contribution in [0.25, 0.3) is 0 Å². The van der Waals surface area contributed by atoms with E-state index >= 15 is 0 Å². The standard InChI is InChI=1S/C17H17NO2S/c1-13-4-3-5-14(8-13)11-21(19)12-15-6-7-16(10-18)17(9-15)20-2/h3-9H,11-12H2,1-2H3. The monoisotopic (exact) mass is 299 g/mol. The maximum atomic E-state index is 12.3. The highest BCUT2D eigenvalue weighted by atomic mass is 32.2. The first kappa shape index (κ1) is 15.3. The highest BCUT2D eigenvalue weighted by Crippen LogP contribution is 2.20. The highest BCUT2D eigenvalue weighted by Gasteiger charge is 2.08. The van der Waals surface area contributed by atoms with Gasteiger partial charge in [-0.2, -0.15) is 5.26 Å². The number of ether oxygens (including phenoxy) is 1. The fraction of sp³-hybridized carbons (Fsp3) is 0.235. The lowest BCUT2D eigenvalue weighted by molar-refractivity contribution is 0.413. The molecule has 21 heavy (non-hydrogen) atoms. The van der Waals surface area contributed by atoms with Gasteiger partial charge >= 0.3 is 0 Å². The smallest absolute Gasteiger partial charge is 0.136 e. The summed E-state index contributed by atoms with van der Waals surface area (Å²) in [6.45, 7) is 2.03. The zero-order valence-corrected chi connectivity index (χ0v) is 12.9. The van der Waals surface area contributed by atoms with E-state index in [9.17, 15) is 4.21 Å². The van der Waals surface area contributed by atoms with E-state index in [2.05, 4.69) is 12.1 Å². The lowest BCUT2D eigenvalue weighted by Gasteiger charge is -2.07. The maximum Gasteiger partial charge on any atom is 0.136 e. The average Bonchev–Trinajstić information content (AvgIpc) is 2.47. The first-order valence-corrected chi connectivity index (χ1v) is 8.08. The van der Waals surface area contributed by atoms with Crippen LogP contribution in [0.5, 0.6) is 5.75 Å². The quantitative estimate of drug-likeness (QED) is 0.851. The Morgan fingerprint density at radius 3 is 2.48 bits per heavy atom. The molecule has 0 bridgehead atoms. The van der Waals surface area contributed by atoms with Crippen LogP contribution in [-0.4, -0.2) is 11.3 Å². The molecule has 1 unspecified atom stereocenters. The van der Waals surface area contributed by atoms with E-state index in [0.29, 0.717) is 22.8 Å². The summed E-state index contributed by atoms with van der Waals surface area (Å²) in [4.78, 5) is 0. The van der Waals surface area contributed by atoms with Gasteiger partial charge in [0.2, 0.25) is 0 Å². The van der Waals surface area contributed by atoms with Crippen molar-refractivity contribution in [2.24, 2.45) is 0 Å². The Bertz CT molecular complexity index is 704. The van der Waals surface area contributed by atoms with Crippen molar-refractivity contribution in [1.29, 1.82) is 5.26 Å². The summed E-state index contributed by atoms with van der Waals surface area (Å²) in [5, 5.41) is 8.95. The summed E-state index contributed by atoms with van der Waals surface area (Å²) < 4.78 is 17.4. The van der Waals surface area contributed by atoms with Crippen LogP contribution in [0.2, 0.25) is 0 Å². The number of methoxy groups -OCH3 is 1. The van der Waals surface area contributed by atoms with Crippen LogP contribution in [0.1, 0.15) is 22.3 Å². The first-order valence-electron chi connectivity index (χ1n) is 6.60. The third kappa shape index (κ3) is 4.17. The zero-order valence-electron chi connectivity index (χ0n) is 12.1. The van der Waals surface area contributed by atoms with Crippen molar-refractivity contribution in [2.75, 3.05) is 7.11 Å². The van der Waals surface area contributed by atoms with Gasteiger partial charge in [0.1, 0.15) is 11.8 Å². The first-order chi connectivity index (χ1) is 10.1. The van der Waals surface area contributed by atoms with E-state index in [1.165, 1.54) is 12.7 Å². The van der Waals surface area contributed by atoms with Gasteiger partial charge in [-0.1, -0.05) is 35.9 Å². The van der Waals surface area contributed by atoms with Gasteiger partial charge in [-0.25, -0.2) is 0 Å². The second-order valence-electron chi connectivity index (χ2n) is 4.86. The van der Waals surface area contributed by atoms with E-state index in [1.54, 1.807) is 12.1 Å². The van der Waals surface area contributed by atoms with Crippen molar-refractivity contribution >= 4 is 10.8 Å². The number of aryl methyl sites for hydroxylation is 1. The van der Waals surface area contributed by atoms with Gasteiger partial charge in [-0.15, -0.1) is 0 Å². The van der Waals surface area contributed by atoms with E-state index < -0.39 is 10.8 Å². The number of nitriles is 1. The lowest BCUT2D eigenvalue weighted by atomic mass is 10.1. The van der Waals surface area contributed by atoms with Crippen LogP contribution in [0.3, 0.4) is 0 Å². The van der Waals surface area contributed by atoms with E-state index in [-0.39, 0.29) is 0 Å². The highest BCUT2D eigenvalue weighted by molar-refractivity contribution is 7.83. The molecule has 0 aliphatic carbocycles. The molecule has 0 saturated heterocycles. The molecule has 0 aliphatic heterocycles. The van der Waals surface area contributed by atoms with Crippen LogP contribution >= 0.6 is 0 Å². The number of hydrogen-bond acceptors (Lipinski definition) is 3. The van der Waals surface area contributed by atoms with E-state index in [1.807, 2.05) is 31.2 Å². The van der Waals surface area contributed by atoms with E-state index in [0.717, 1.165) is 11.1 Å². The fourth-order valence-electron chi connectivity index (χ4n) is 2.14. The summed E-state index contributed by atoms with van der Waals surface area (Å²) in [6, 6.07) is 15.4. The molecule has 2 aromatic rings. The second kappa shape index (κ2) is 7.05. The SMILES string of the molecule is COc1cc(CS(=O)Cc2cccc(C)c2)ccc1C#N. The Balaban J connectivity index is 2.08. The number of hydrogen-bond donors (Lipinski definition) is 0. The Morgan fingerprint density at radius 2 is 1.86 bits per heavy atom. The van der Waals surface area contributed by atoms with Crippen molar-refractivity contribution in [3.8, 4) is 11.8 Å². The Kier molecular flexibility index (Phi) is 5.13. The minimum atomic E-state index is -0.988. The van der Waals surface area contributed by atoms with Crippen LogP contribution in [0, 0.1) is 18.3 Å². The van der Waals surface area contributed by atoms with Crippen molar-refractivity contribution in [2.45, 2.75) is 18.4 Å². The minimum Gasteiger partial charge on any atom is -0.495 e. The second-order valence-corrected chi connectivity index (χ2v) is 6.32. The summed E-state index contributed by atoms with van der Waals surface area (Å²) in [5.74, 6) is 1.52. The number of rotatable bonds is 5. The summed E-state index contributed by atoms with van der Waals surface area (Å²) in [7, 11) is 0.544. The Morgan fingerprint density at radius 1 is 1.14 bits per heavy atom. The fourth-order valence-corrected chi connectivity index (χ4v) is 3.35. The predicted octanol–water partition coefficient (Wildman–Crippen LogP) is 3.32. The molecule has 0 saturated carbocycles. The molecule has 3 nitrogen and oxygen atoms in total. The number of nitrogens with zero attached hydrogens (tertiary/aromatic N) is 1. The normalized spacial score (nSPS) is 11.7. The number of benzene rings is 2. The van der Waals surface area contributed by atoms with Gasteiger partial charge in [0.15, 0.2) is 0 Å². The van der Waals surface area contributed by atoms with Gasteiger partial charge in [-0.3, -0.25) is 4.21 Å². The molecule has 2 rings (SSSR count). The van der Waals surface area contributed by atoms with E-state index in [4.69, 9.17) is 10.00 Å².